The van der Waals surface area contributed by atoms with Gasteiger partial charge >= 0.3 is 0 Å². The van der Waals surface area contributed by atoms with Crippen LogP contribution in [0.3, 0.4) is 0 Å². The molecule has 3 nitrogen and oxygen atoms in total. The van der Waals surface area contributed by atoms with Crippen LogP contribution < -0.4 is 0 Å². The third-order valence-electron chi connectivity index (χ3n) is 2.94. The Morgan fingerprint density at radius 2 is 1.88 bits per heavy atom. The fourth-order valence-electron chi connectivity index (χ4n) is 2.11. The van der Waals surface area contributed by atoms with Crippen LogP contribution in [0.4, 0.5) is 0 Å². The van der Waals surface area contributed by atoms with E-state index in [0.29, 0.717) is 17.7 Å². The van der Waals surface area contributed by atoms with Gasteiger partial charge in [0.1, 0.15) is 0 Å². The molecule has 0 saturated heterocycles. The van der Waals surface area contributed by atoms with E-state index in [1.807, 2.05) is 0 Å². The van der Waals surface area contributed by atoms with Gasteiger partial charge in [-0.15, -0.1) is 0 Å². The third kappa shape index (κ3) is 3.48. The van der Waals surface area contributed by atoms with Crippen LogP contribution in [-0.2, 0) is 13.0 Å². The van der Waals surface area contributed by atoms with Gasteiger partial charge in [0.15, 0.2) is 0 Å². The second kappa shape index (κ2) is 6.08. The minimum atomic E-state index is 0.333. The molecule has 0 spiro atoms. The molecule has 0 fully saturated rings. The Hall–Kier alpha value is -0.990. The first kappa shape index (κ1) is 14.1. The van der Waals surface area contributed by atoms with E-state index >= 15 is 0 Å². The molecule has 0 atom stereocenters. The summed E-state index contributed by atoms with van der Waals surface area (Å²) in [5.74, 6) is 1.28. The molecule has 0 aliphatic carbocycles. The van der Waals surface area contributed by atoms with Crippen LogP contribution in [0.15, 0.2) is 0 Å². The van der Waals surface area contributed by atoms with Crippen molar-refractivity contribution in [2.75, 3.05) is 0 Å². The Morgan fingerprint density at radius 3 is 2.35 bits per heavy atom. The normalized spacial score (nSPS) is 11.7. The topological polar surface area (TPSA) is 38.0 Å². The summed E-state index contributed by atoms with van der Waals surface area (Å²) in [6.07, 6.45) is 3.13. The first-order chi connectivity index (χ1) is 7.97. The van der Waals surface area contributed by atoms with E-state index in [1.165, 1.54) is 0 Å². The number of aryl methyl sites for hydroxylation is 1. The largest absolute Gasteiger partial charge is 0.493 e. The Labute approximate surface area is 105 Å². The zero-order valence-electron chi connectivity index (χ0n) is 11.8. The molecule has 0 aliphatic heterocycles. The van der Waals surface area contributed by atoms with Crippen molar-refractivity contribution in [2.24, 2.45) is 5.92 Å². The number of unbranched alkanes of at least 4 members (excludes halogenated alkanes) is 1. The van der Waals surface area contributed by atoms with E-state index in [1.54, 1.807) is 4.68 Å². The number of hydrogen-bond acceptors (Lipinski definition) is 2. The van der Waals surface area contributed by atoms with Crippen molar-refractivity contribution < 1.29 is 5.11 Å². The maximum Gasteiger partial charge on any atom is 0.213 e. The smallest absolute Gasteiger partial charge is 0.213 e. The Bertz CT molecular complexity index is 353. The molecule has 1 heterocycles. The summed E-state index contributed by atoms with van der Waals surface area (Å²) in [5.41, 5.74) is 2.11. The fourth-order valence-corrected chi connectivity index (χ4v) is 2.11. The molecular formula is C14H26N2O. The van der Waals surface area contributed by atoms with Crippen molar-refractivity contribution >= 4 is 0 Å². The minimum absolute atomic E-state index is 0.333. The van der Waals surface area contributed by atoms with Crippen molar-refractivity contribution in [1.29, 1.82) is 0 Å². The van der Waals surface area contributed by atoms with Crippen LogP contribution in [-0.4, -0.2) is 14.9 Å². The Kier molecular flexibility index (Phi) is 5.03. The van der Waals surface area contributed by atoms with Gasteiger partial charge in [-0.3, -0.25) is 0 Å². The Morgan fingerprint density at radius 1 is 1.24 bits per heavy atom. The van der Waals surface area contributed by atoms with Crippen LogP contribution >= 0.6 is 0 Å². The second-order valence-corrected chi connectivity index (χ2v) is 5.51. The lowest BCUT2D eigenvalue weighted by Crippen LogP contribution is -2.02. The molecule has 0 bridgehead atoms. The van der Waals surface area contributed by atoms with Gasteiger partial charge in [0.2, 0.25) is 5.88 Å². The van der Waals surface area contributed by atoms with E-state index in [4.69, 9.17) is 0 Å². The maximum absolute atomic E-state index is 10.2. The van der Waals surface area contributed by atoms with E-state index < -0.39 is 0 Å². The predicted octanol–water partition coefficient (Wildman–Crippen LogP) is 3.71. The van der Waals surface area contributed by atoms with Gasteiger partial charge < -0.3 is 5.11 Å². The molecule has 1 rings (SSSR count). The van der Waals surface area contributed by atoms with E-state index in [0.717, 1.165) is 37.1 Å². The number of hydrogen-bond donors (Lipinski definition) is 1. The van der Waals surface area contributed by atoms with Crippen molar-refractivity contribution in [2.45, 2.75) is 66.3 Å². The lowest BCUT2D eigenvalue weighted by molar-refractivity contribution is 0.387. The summed E-state index contributed by atoms with van der Waals surface area (Å²) in [5, 5.41) is 14.8. The Balaban J connectivity index is 3.01. The number of aromatic hydroxyl groups is 1. The molecule has 1 aromatic heterocycles. The summed E-state index contributed by atoms with van der Waals surface area (Å²) in [6.45, 7) is 11.6. The highest BCUT2D eigenvalue weighted by atomic mass is 16.3. The van der Waals surface area contributed by atoms with E-state index in [2.05, 4.69) is 39.7 Å². The lowest BCUT2D eigenvalue weighted by atomic mass is 9.98. The average Bonchev–Trinajstić information content (AvgIpc) is 2.51. The minimum Gasteiger partial charge on any atom is -0.493 e. The first-order valence-corrected chi connectivity index (χ1v) is 6.75. The van der Waals surface area contributed by atoms with Crippen LogP contribution in [0.2, 0.25) is 0 Å². The van der Waals surface area contributed by atoms with Gasteiger partial charge in [0.05, 0.1) is 5.69 Å². The highest BCUT2D eigenvalue weighted by Crippen LogP contribution is 2.30. The molecule has 0 aromatic carbocycles. The van der Waals surface area contributed by atoms with Crippen LogP contribution in [0.1, 0.15) is 64.6 Å². The monoisotopic (exact) mass is 238 g/mol. The molecule has 0 radical (unpaired) electrons. The van der Waals surface area contributed by atoms with Gasteiger partial charge in [-0.1, -0.05) is 41.0 Å². The van der Waals surface area contributed by atoms with E-state index in [-0.39, 0.29) is 0 Å². The molecule has 0 amide bonds. The molecule has 17 heavy (non-hydrogen) atoms. The summed E-state index contributed by atoms with van der Waals surface area (Å²) in [7, 11) is 0. The average molecular weight is 238 g/mol. The maximum atomic E-state index is 10.2. The van der Waals surface area contributed by atoms with Crippen LogP contribution in [0.25, 0.3) is 0 Å². The molecule has 0 saturated carbocycles. The summed E-state index contributed by atoms with van der Waals surface area (Å²) < 4.78 is 1.77. The molecule has 1 N–H and O–H groups in total. The van der Waals surface area contributed by atoms with Gasteiger partial charge in [-0.2, -0.15) is 5.10 Å². The van der Waals surface area contributed by atoms with Gasteiger partial charge in [0.25, 0.3) is 0 Å². The molecule has 98 valence electrons. The second-order valence-electron chi connectivity index (χ2n) is 5.51. The first-order valence-electron chi connectivity index (χ1n) is 6.75. The quantitative estimate of drug-likeness (QED) is 0.820. The number of rotatable bonds is 6. The molecular weight excluding hydrogens is 212 g/mol. The molecule has 1 aromatic rings. The van der Waals surface area contributed by atoms with Crippen molar-refractivity contribution in [3.63, 3.8) is 0 Å². The van der Waals surface area contributed by atoms with Crippen molar-refractivity contribution in [3.8, 4) is 5.88 Å². The fraction of sp³-hybridized carbons (Fsp3) is 0.786. The third-order valence-corrected chi connectivity index (χ3v) is 2.94. The molecule has 0 unspecified atom stereocenters. The standard InChI is InChI=1S/C14H26N2O/c1-6-7-8-16-14(17)13(11(4)5)12(15-16)9-10(2)3/h10-11,17H,6-9H2,1-5H3. The van der Waals surface area contributed by atoms with E-state index in [9.17, 15) is 5.11 Å². The van der Waals surface area contributed by atoms with Crippen molar-refractivity contribution in [3.05, 3.63) is 11.3 Å². The van der Waals surface area contributed by atoms with Gasteiger partial charge in [0, 0.05) is 12.1 Å². The number of aromatic nitrogens is 2. The highest BCUT2D eigenvalue weighted by Gasteiger charge is 2.20. The summed E-state index contributed by atoms with van der Waals surface area (Å²) >= 11 is 0. The summed E-state index contributed by atoms with van der Waals surface area (Å²) in [6, 6.07) is 0. The SMILES string of the molecule is CCCCn1nc(CC(C)C)c(C(C)C)c1O. The highest BCUT2D eigenvalue weighted by molar-refractivity contribution is 5.33. The zero-order valence-corrected chi connectivity index (χ0v) is 11.8. The van der Waals surface area contributed by atoms with Gasteiger partial charge in [-0.25, -0.2) is 4.68 Å². The molecule has 0 aliphatic rings. The predicted molar refractivity (Wildman–Crippen MR) is 71.4 cm³/mol. The molecule has 3 heteroatoms. The van der Waals surface area contributed by atoms with Crippen LogP contribution in [0, 0.1) is 5.92 Å². The van der Waals surface area contributed by atoms with Crippen LogP contribution in [0.5, 0.6) is 5.88 Å². The van der Waals surface area contributed by atoms with Gasteiger partial charge in [-0.05, 0) is 24.7 Å². The number of nitrogens with zero attached hydrogens (tertiary/aromatic N) is 2. The lowest BCUT2D eigenvalue weighted by Gasteiger charge is -2.07. The summed E-state index contributed by atoms with van der Waals surface area (Å²) in [4.78, 5) is 0. The zero-order chi connectivity index (χ0) is 13.0. The van der Waals surface area contributed by atoms with Crippen molar-refractivity contribution in [1.82, 2.24) is 9.78 Å².